The molecule has 30 heavy (non-hydrogen) atoms. The Bertz CT molecular complexity index is 1140. The molecule has 0 bridgehead atoms. The van der Waals surface area contributed by atoms with Gasteiger partial charge in [-0.1, -0.05) is 60.2 Å². The molecule has 0 radical (unpaired) electrons. The van der Waals surface area contributed by atoms with E-state index in [1.54, 1.807) is 13.3 Å². The van der Waals surface area contributed by atoms with Gasteiger partial charge in [0, 0.05) is 11.1 Å². The zero-order valence-corrected chi connectivity index (χ0v) is 16.9. The number of aryl methyl sites for hydroxylation is 1. The van der Waals surface area contributed by atoms with E-state index in [9.17, 15) is 0 Å². The molecule has 3 aromatic carbocycles. The molecular weight excluding hydrogens is 372 g/mol. The Balaban J connectivity index is 1.64. The second kappa shape index (κ2) is 9.01. The molecule has 0 fully saturated rings. The number of hydrogen-bond donors (Lipinski definition) is 1. The number of nitrogens with one attached hydrogen (secondary N) is 1. The lowest BCUT2D eigenvalue weighted by molar-refractivity contribution is 0.415. The number of methoxy groups -OCH3 is 1. The smallest absolute Gasteiger partial charge is 0.244 e. The van der Waals surface area contributed by atoms with Gasteiger partial charge in [0.15, 0.2) is 0 Å². The van der Waals surface area contributed by atoms with Crippen LogP contribution in [0.1, 0.15) is 11.1 Å². The van der Waals surface area contributed by atoms with E-state index >= 15 is 0 Å². The molecule has 1 aromatic heterocycles. The molecule has 0 saturated heterocycles. The van der Waals surface area contributed by atoms with Crippen molar-refractivity contribution in [2.45, 2.75) is 6.92 Å². The second-order valence-corrected chi connectivity index (χ2v) is 6.84. The van der Waals surface area contributed by atoms with Crippen LogP contribution in [0.2, 0.25) is 0 Å². The summed E-state index contributed by atoms with van der Waals surface area (Å²) in [5, 5.41) is 4.31. The third-order valence-corrected chi connectivity index (χ3v) is 4.64. The Labute approximate surface area is 176 Å². The standard InChI is InChI=1S/C25H22N4O/c1-18-8-12-21(13-9-18)24-16-23(20-6-4-3-5-7-20)27-25(28-24)29-26-17-19-10-14-22(30-2)15-11-19/h3-17H,1-2H3,(H,27,28,29)/b26-17+. The van der Waals surface area contributed by atoms with Crippen LogP contribution in [0.5, 0.6) is 5.75 Å². The SMILES string of the molecule is COc1ccc(/C=N/Nc2nc(-c3ccccc3)cc(-c3ccc(C)cc3)n2)cc1. The summed E-state index contributed by atoms with van der Waals surface area (Å²) in [5.41, 5.74) is 8.85. The highest BCUT2D eigenvalue weighted by atomic mass is 16.5. The van der Waals surface area contributed by atoms with Crippen LogP contribution in [0.15, 0.2) is 90.0 Å². The van der Waals surface area contributed by atoms with Crippen molar-refractivity contribution in [3.05, 3.63) is 96.1 Å². The number of aromatic nitrogens is 2. The average molecular weight is 394 g/mol. The van der Waals surface area contributed by atoms with Crippen LogP contribution >= 0.6 is 0 Å². The van der Waals surface area contributed by atoms with Gasteiger partial charge < -0.3 is 4.74 Å². The van der Waals surface area contributed by atoms with Crippen LogP contribution in [0, 0.1) is 6.92 Å². The fourth-order valence-electron chi connectivity index (χ4n) is 2.98. The molecule has 5 nitrogen and oxygen atoms in total. The van der Waals surface area contributed by atoms with Crippen molar-refractivity contribution in [1.82, 2.24) is 9.97 Å². The number of hydrogen-bond acceptors (Lipinski definition) is 5. The Morgan fingerprint density at radius 2 is 1.43 bits per heavy atom. The van der Waals surface area contributed by atoms with Gasteiger partial charge in [0.25, 0.3) is 0 Å². The van der Waals surface area contributed by atoms with Gasteiger partial charge >= 0.3 is 0 Å². The second-order valence-electron chi connectivity index (χ2n) is 6.84. The van der Waals surface area contributed by atoms with Crippen LogP contribution in [0.3, 0.4) is 0 Å². The van der Waals surface area contributed by atoms with Crippen LogP contribution in [-0.4, -0.2) is 23.3 Å². The van der Waals surface area contributed by atoms with Crippen molar-refractivity contribution >= 4 is 12.2 Å². The summed E-state index contributed by atoms with van der Waals surface area (Å²) in [6.45, 7) is 2.07. The molecule has 0 aliphatic heterocycles. The minimum absolute atomic E-state index is 0.441. The Morgan fingerprint density at radius 1 is 0.800 bits per heavy atom. The van der Waals surface area contributed by atoms with Gasteiger partial charge in [-0.2, -0.15) is 5.10 Å². The van der Waals surface area contributed by atoms with Gasteiger partial charge in [-0.05, 0) is 42.8 Å². The topological polar surface area (TPSA) is 59.4 Å². The number of hydrazone groups is 1. The van der Waals surface area contributed by atoms with E-state index in [4.69, 9.17) is 4.74 Å². The molecule has 0 aliphatic rings. The number of nitrogens with zero attached hydrogens (tertiary/aromatic N) is 3. The van der Waals surface area contributed by atoms with Gasteiger partial charge in [0.1, 0.15) is 5.75 Å². The average Bonchev–Trinajstić information content (AvgIpc) is 2.80. The van der Waals surface area contributed by atoms with Crippen molar-refractivity contribution in [3.63, 3.8) is 0 Å². The molecule has 0 atom stereocenters. The lowest BCUT2D eigenvalue weighted by Crippen LogP contribution is -2.00. The largest absolute Gasteiger partial charge is 0.497 e. The van der Waals surface area contributed by atoms with Crippen molar-refractivity contribution in [1.29, 1.82) is 0 Å². The molecule has 0 amide bonds. The number of benzene rings is 3. The number of anilines is 1. The van der Waals surface area contributed by atoms with E-state index < -0.39 is 0 Å². The van der Waals surface area contributed by atoms with E-state index in [0.717, 1.165) is 33.8 Å². The normalized spacial score (nSPS) is 10.9. The monoisotopic (exact) mass is 394 g/mol. The highest BCUT2D eigenvalue weighted by molar-refractivity contribution is 5.80. The number of ether oxygens (including phenoxy) is 1. The lowest BCUT2D eigenvalue weighted by Gasteiger charge is -2.08. The van der Waals surface area contributed by atoms with E-state index in [1.165, 1.54) is 5.56 Å². The third kappa shape index (κ3) is 4.70. The van der Waals surface area contributed by atoms with Gasteiger partial charge in [0.05, 0.1) is 24.7 Å². The first kappa shape index (κ1) is 19.3. The zero-order chi connectivity index (χ0) is 20.8. The van der Waals surface area contributed by atoms with Gasteiger partial charge in [0.2, 0.25) is 5.95 Å². The molecule has 148 valence electrons. The summed E-state index contributed by atoms with van der Waals surface area (Å²) in [4.78, 5) is 9.31. The molecule has 1 heterocycles. The van der Waals surface area contributed by atoms with E-state index in [2.05, 4.69) is 51.7 Å². The van der Waals surface area contributed by atoms with Crippen molar-refractivity contribution in [2.24, 2.45) is 5.10 Å². The molecule has 1 N–H and O–H groups in total. The predicted molar refractivity (Wildman–Crippen MR) is 122 cm³/mol. The summed E-state index contributed by atoms with van der Waals surface area (Å²) in [5.74, 6) is 1.25. The number of rotatable bonds is 6. The summed E-state index contributed by atoms with van der Waals surface area (Å²) < 4.78 is 5.18. The van der Waals surface area contributed by atoms with Gasteiger partial charge in [-0.25, -0.2) is 15.4 Å². The minimum atomic E-state index is 0.441. The first-order valence-corrected chi connectivity index (χ1v) is 9.66. The third-order valence-electron chi connectivity index (χ3n) is 4.64. The van der Waals surface area contributed by atoms with Crippen LogP contribution < -0.4 is 10.2 Å². The van der Waals surface area contributed by atoms with Crippen molar-refractivity contribution < 1.29 is 4.74 Å². The Kier molecular flexibility index (Phi) is 5.80. The summed E-state index contributed by atoms with van der Waals surface area (Å²) >= 11 is 0. The van der Waals surface area contributed by atoms with Gasteiger partial charge in [-0.15, -0.1) is 0 Å². The van der Waals surface area contributed by atoms with Crippen LogP contribution in [0.25, 0.3) is 22.5 Å². The first-order valence-electron chi connectivity index (χ1n) is 9.66. The maximum atomic E-state index is 5.18. The molecule has 0 aliphatic carbocycles. The van der Waals surface area contributed by atoms with E-state index in [1.807, 2.05) is 60.7 Å². The van der Waals surface area contributed by atoms with Crippen LogP contribution in [0.4, 0.5) is 5.95 Å². The Morgan fingerprint density at radius 3 is 2.07 bits per heavy atom. The maximum absolute atomic E-state index is 5.18. The lowest BCUT2D eigenvalue weighted by atomic mass is 10.1. The molecule has 0 spiro atoms. The fraction of sp³-hybridized carbons (Fsp3) is 0.0800. The van der Waals surface area contributed by atoms with Crippen LogP contribution in [-0.2, 0) is 0 Å². The van der Waals surface area contributed by atoms with E-state index in [0.29, 0.717) is 5.95 Å². The summed E-state index contributed by atoms with van der Waals surface area (Å²) in [7, 11) is 1.65. The quantitative estimate of drug-likeness (QED) is 0.343. The molecule has 4 rings (SSSR count). The predicted octanol–water partition coefficient (Wildman–Crippen LogP) is 5.57. The molecule has 5 heteroatoms. The van der Waals surface area contributed by atoms with E-state index in [-0.39, 0.29) is 0 Å². The first-order chi connectivity index (χ1) is 14.7. The molecule has 0 saturated carbocycles. The summed E-state index contributed by atoms with van der Waals surface area (Å²) in [6.07, 6.45) is 1.73. The summed E-state index contributed by atoms with van der Waals surface area (Å²) in [6, 6.07) is 28.0. The Hall–Kier alpha value is -3.99. The maximum Gasteiger partial charge on any atom is 0.244 e. The molecular formula is C25H22N4O. The molecule has 0 unspecified atom stereocenters. The fourth-order valence-corrected chi connectivity index (χ4v) is 2.98. The van der Waals surface area contributed by atoms with Crippen molar-refractivity contribution in [3.8, 4) is 28.3 Å². The highest BCUT2D eigenvalue weighted by Gasteiger charge is 2.08. The highest BCUT2D eigenvalue weighted by Crippen LogP contribution is 2.25. The molecule has 4 aromatic rings. The minimum Gasteiger partial charge on any atom is -0.497 e. The van der Waals surface area contributed by atoms with Crippen molar-refractivity contribution in [2.75, 3.05) is 12.5 Å². The van der Waals surface area contributed by atoms with Gasteiger partial charge in [-0.3, -0.25) is 0 Å². The zero-order valence-electron chi connectivity index (χ0n) is 16.9.